The van der Waals surface area contributed by atoms with Crippen LogP contribution in [0.2, 0.25) is 0 Å². The molecule has 0 spiro atoms. The minimum Gasteiger partial charge on any atom is -0.423 e. The smallest absolute Gasteiger partial charge is 0.423 e. The number of carbonyl (C=O) groups is 2. The Kier molecular flexibility index (Phi) is 6.60. The van der Waals surface area contributed by atoms with Gasteiger partial charge in [0.2, 0.25) is 0 Å². The Bertz CT molecular complexity index is 1530. The highest BCUT2D eigenvalue weighted by atomic mass is 32.1. The lowest BCUT2D eigenvalue weighted by atomic mass is 10.0. The first-order valence-corrected chi connectivity index (χ1v) is 11.4. The van der Waals surface area contributed by atoms with Crippen LogP contribution < -0.4 is 14.2 Å². The fourth-order valence-electron chi connectivity index (χ4n) is 3.37. The summed E-state index contributed by atoms with van der Waals surface area (Å²) in [4.78, 5) is 23.7. The molecule has 0 aliphatic rings. The van der Waals surface area contributed by atoms with Crippen LogP contribution in [0.15, 0.2) is 78.9 Å². The highest BCUT2D eigenvalue weighted by Crippen LogP contribution is 2.46. The molecule has 9 heteroatoms. The van der Waals surface area contributed by atoms with Gasteiger partial charge in [0.25, 0.3) is 0 Å². The standard InChI is InChI=1S/C27H19F3O5S/c1-14(2)25(31)33-18-8-5-16(6-9-18)17-7-10-19-20-11-12-21(34-26(32)15(3)4)23(35-27(28,29)30)24(20)36-22(19)13-17/h5-13H,1,3H2,2,4H3. The molecular formula is C27H19F3O5S. The summed E-state index contributed by atoms with van der Waals surface area (Å²) in [7, 11) is 0. The van der Waals surface area contributed by atoms with Gasteiger partial charge in [0.05, 0.1) is 4.70 Å². The van der Waals surface area contributed by atoms with Crippen molar-refractivity contribution >= 4 is 43.4 Å². The van der Waals surface area contributed by atoms with Gasteiger partial charge in [-0.2, -0.15) is 0 Å². The molecule has 184 valence electrons. The number of alkyl halides is 3. The van der Waals surface area contributed by atoms with Gasteiger partial charge in [-0.1, -0.05) is 37.4 Å². The van der Waals surface area contributed by atoms with Crippen molar-refractivity contribution in [2.45, 2.75) is 20.2 Å². The van der Waals surface area contributed by atoms with E-state index in [2.05, 4.69) is 17.9 Å². The van der Waals surface area contributed by atoms with Gasteiger partial charge in [-0.05, 0) is 55.3 Å². The largest absolute Gasteiger partial charge is 0.573 e. The van der Waals surface area contributed by atoms with Crippen molar-refractivity contribution in [2.75, 3.05) is 0 Å². The maximum Gasteiger partial charge on any atom is 0.573 e. The first-order chi connectivity index (χ1) is 16.9. The zero-order chi connectivity index (χ0) is 26.2. The summed E-state index contributed by atoms with van der Waals surface area (Å²) >= 11 is 1.08. The third-order valence-electron chi connectivity index (χ3n) is 5.08. The lowest BCUT2D eigenvalue weighted by molar-refractivity contribution is -0.274. The van der Waals surface area contributed by atoms with Gasteiger partial charge in [0, 0.05) is 26.6 Å². The van der Waals surface area contributed by atoms with E-state index in [-0.39, 0.29) is 21.6 Å². The molecule has 0 amide bonds. The van der Waals surface area contributed by atoms with Crippen LogP contribution in [-0.4, -0.2) is 18.3 Å². The Hall–Kier alpha value is -4.11. The van der Waals surface area contributed by atoms with E-state index in [0.29, 0.717) is 15.8 Å². The number of hydrogen-bond acceptors (Lipinski definition) is 6. The molecule has 0 unspecified atom stereocenters. The molecule has 4 rings (SSSR count). The van der Waals surface area contributed by atoms with E-state index < -0.39 is 24.1 Å². The molecule has 0 fully saturated rings. The Labute approximate surface area is 208 Å². The van der Waals surface area contributed by atoms with Crippen LogP contribution in [0.4, 0.5) is 13.2 Å². The highest BCUT2D eigenvalue weighted by Gasteiger charge is 2.34. The van der Waals surface area contributed by atoms with Crippen molar-refractivity contribution in [3.05, 3.63) is 78.9 Å². The molecule has 0 saturated carbocycles. The zero-order valence-corrected chi connectivity index (χ0v) is 20.0. The second kappa shape index (κ2) is 9.50. The molecule has 0 saturated heterocycles. The molecule has 5 nitrogen and oxygen atoms in total. The van der Waals surface area contributed by atoms with Gasteiger partial charge in [-0.3, -0.25) is 0 Å². The van der Waals surface area contributed by atoms with Crippen LogP contribution in [0.1, 0.15) is 13.8 Å². The third kappa shape index (κ3) is 5.26. The summed E-state index contributed by atoms with van der Waals surface area (Å²) in [5.41, 5.74) is 1.93. The van der Waals surface area contributed by atoms with Crippen molar-refractivity contribution < 1.29 is 37.0 Å². The normalized spacial score (nSPS) is 11.4. The van der Waals surface area contributed by atoms with Crippen LogP contribution in [-0.2, 0) is 9.59 Å². The topological polar surface area (TPSA) is 61.8 Å². The summed E-state index contributed by atoms with van der Waals surface area (Å²) in [6.45, 7) is 9.94. The van der Waals surface area contributed by atoms with E-state index in [1.165, 1.54) is 13.0 Å². The number of fused-ring (bicyclic) bond motifs is 3. The van der Waals surface area contributed by atoms with Gasteiger partial charge in [-0.25, -0.2) is 9.59 Å². The summed E-state index contributed by atoms with van der Waals surface area (Å²) in [6, 6.07) is 15.2. The molecule has 0 atom stereocenters. The highest BCUT2D eigenvalue weighted by molar-refractivity contribution is 7.26. The van der Waals surface area contributed by atoms with E-state index in [1.54, 1.807) is 43.3 Å². The van der Waals surface area contributed by atoms with Gasteiger partial charge >= 0.3 is 18.3 Å². The van der Waals surface area contributed by atoms with Crippen LogP contribution in [0.5, 0.6) is 17.2 Å². The lowest BCUT2D eigenvalue weighted by Crippen LogP contribution is -2.18. The van der Waals surface area contributed by atoms with Gasteiger partial charge in [-0.15, -0.1) is 24.5 Å². The number of thiophene rings is 1. The van der Waals surface area contributed by atoms with Gasteiger partial charge < -0.3 is 14.2 Å². The van der Waals surface area contributed by atoms with Crippen LogP contribution in [0, 0.1) is 0 Å². The molecule has 3 aromatic carbocycles. The number of benzene rings is 3. The minimum absolute atomic E-state index is 0.0365. The molecule has 0 aliphatic heterocycles. The average molecular weight is 513 g/mol. The Balaban J connectivity index is 1.76. The molecule has 0 aliphatic carbocycles. The summed E-state index contributed by atoms with van der Waals surface area (Å²) in [6.07, 6.45) is -4.99. The van der Waals surface area contributed by atoms with E-state index >= 15 is 0 Å². The summed E-state index contributed by atoms with van der Waals surface area (Å²) in [5, 5.41) is 1.24. The van der Waals surface area contributed by atoms with E-state index in [4.69, 9.17) is 9.47 Å². The zero-order valence-electron chi connectivity index (χ0n) is 19.2. The Morgan fingerprint density at radius 1 is 0.806 bits per heavy atom. The second-order valence-electron chi connectivity index (χ2n) is 7.99. The minimum atomic E-state index is -4.99. The maximum atomic E-state index is 13.2. The monoisotopic (exact) mass is 512 g/mol. The van der Waals surface area contributed by atoms with Crippen LogP contribution in [0.25, 0.3) is 31.3 Å². The molecular weight excluding hydrogens is 493 g/mol. The van der Waals surface area contributed by atoms with Crippen molar-refractivity contribution in [1.29, 1.82) is 0 Å². The number of halogens is 3. The average Bonchev–Trinajstić information content (AvgIpc) is 3.18. The Morgan fingerprint density at radius 2 is 1.39 bits per heavy atom. The first kappa shape index (κ1) is 25.0. The van der Waals surface area contributed by atoms with Crippen molar-refractivity contribution in [1.82, 2.24) is 0 Å². The number of carbonyl (C=O) groups excluding carboxylic acids is 2. The predicted molar refractivity (Wildman–Crippen MR) is 132 cm³/mol. The van der Waals surface area contributed by atoms with Crippen LogP contribution >= 0.6 is 11.3 Å². The van der Waals surface area contributed by atoms with E-state index in [0.717, 1.165) is 27.8 Å². The van der Waals surface area contributed by atoms with Crippen molar-refractivity contribution in [3.8, 4) is 28.4 Å². The van der Waals surface area contributed by atoms with E-state index in [9.17, 15) is 22.8 Å². The molecule has 36 heavy (non-hydrogen) atoms. The summed E-state index contributed by atoms with van der Waals surface area (Å²) < 4.78 is 55.2. The number of rotatable bonds is 6. The fraction of sp³-hybridized carbons (Fsp3) is 0.111. The van der Waals surface area contributed by atoms with Crippen molar-refractivity contribution in [2.24, 2.45) is 0 Å². The van der Waals surface area contributed by atoms with Crippen molar-refractivity contribution in [3.63, 3.8) is 0 Å². The second-order valence-corrected chi connectivity index (χ2v) is 9.05. The lowest BCUT2D eigenvalue weighted by Gasteiger charge is -2.14. The quantitative estimate of drug-likeness (QED) is 0.151. The SMILES string of the molecule is C=C(C)C(=O)Oc1ccc(-c2ccc3c(c2)sc2c(OC(F)(F)F)c(OC(=O)C(=C)C)ccc23)cc1. The predicted octanol–water partition coefficient (Wildman–Crippen LogP) is 7.58. The molecule has 4 aromatic rings. The van der Waals surface area contributed by atoms with Crippen LogP contribution in [0.3, 0.4) is 0 Å². The molecule has 0 N–H and O–H groups in total. The van der Waals surface area contributed by atoms with Gasteiger partial charge in [0.1, 0.15) is 5.75 Å². The number of ether oxygens (including phenoxy) is 3. The molecule has 1 heterocycles. The molecule has 0 bridgehead atoms. The molecule has 1 aromatic heterocycles. The van der Waals surface area contributed by atoms with E-state index in [1.807, 2.05) is 12.1 Å². The number of esters is 2. The fourth-order valence-corrected chi connectivity index (χ4v) is 4.58. The number of hydrogen-bond donors (Lipinski definition) is 0. The van der Waals surface area contributed by atoms with Gasteiger partial charge in [0.15, 0.2) is 11.5 Å². The third-order valence-corrected chi connectivity index (χ3v) is 6.24. The maximum absolute atomic E-state index is 13.2. The first-order valence-electron chi connectivity index (χ1n) is 10.5. The Morgan fingerprint density at radius 3 is 2.00 bits per heavy atom. The summed E-state index contributed by atoms with van der Waals surface area (Å²) in [5.74, 6) is -1.96. The molecule has 0 radical (unpaired) electrons.